The number of aliphatic carboxylic acids is 1. The summed E-state index contributed by atoms with van der Waals surface area (Å²) in [6.45, 7) is 1.90. The number of aryl methyl sites for hydroxylation is 1. The average molecular weight is 257 g/mol. The van der Waals surface area contributed by atoms with E-state index >= 15 is 0 Å². The first kappa shape index (κ1) is 13.0. The van der Waals surface area contributed by atoms with Crippen molar-refractivity contribution in [1.82, 2.24) is 9.97 Å². The van der Waals surface area contributed by atoms with Crippen molar-refractivity contribution >= 4 is 11.8 Å². The van der Waals surface area contributed by atoms with Crippen molar-refractivity contribution in [3.63, 3.8) is 0 Å². The average Bonchev–Trinajstić information content (AvgIpc) is 2.38. The Labute approximate surface area is 111 Å². The lowest BCUT2D eigenvalue weighted by atomic mass is 10.1. The van der Waals surface area contributed by atoms with Crippen molar-refractivity contribution in [2.45, 2.75) is 6.92 Å². The monoisotopic (exact) mass is 257 g/mol. The molecule has 0 aliphatic heterocycles. The minimum Gasteiger partial charge on any atom is -0.480 e. The summed E-state index contributed by atoms with van der Waals surface area (Å²) in [6.07, 6.45) is 1.64. The van der Waals surface area contributed by atoms with Crippen molar-refractivity contribution in [3.8, 4) is 11.4 Å². The molecule has 0 unspecified atom stereocenters. The number of hydrogen-bond acceptors (Lipinski definition) is 4. The van der Waals surface area contributed by atoms with E-state index in [2.05, 4.69) is 9.97 Å². The molecule has 0 spiro atoms. The van der Waals surface area contributed by atoms with Gasteiger partial charge in [-0.2, -0.15) is 0 Å². The number of likely N-dealkylation sites (N-methyl/N-ethyl adjacent to an activating group) is 1. The summed E-state index contributed by atoms with van der Waals surface area (Å²) >= 11 is 0. The fourth-order valence-corrected chi connectivity index (χ4v) is 1.80. The van der Waals surface area contributed by atoms with E-state index in [1.54, 1.807) is 24.2 Å². The Morgan fingerprint density at radius 1 is 1.32 bits per heavy atom. The van der Waals surface area contributed by atoms with Crippen molar-refractivity contribution in [2.24, 2.45) is 0 Å². The summed E-state index contributed by atoms with van der Waals surface area (Å²) in [4.78, 5) is 20.9. The molecule has 0 saturated heterocycles. The SMILES string of the molecule is Cc1ccccc1-c1nccc(N(C)CC(=O)O)n1. The fraction of sp³-hybridized carbons (Fsp3) is 0.214. The third-order valence-corrected chi connectivity index (χ3v) is 2.79. The van der Waals surface area contributed by atoms with E-state index in [0.717, 1.165) is 11.1 Å². The van der Waals surface area contributed by atoms with Crippen LogP contribution in [0.4, 0.5) is 5.82 Å². The molecule has 5 heteroatoms. The van der Waals surface area contributed by atoms with E-state index < -0.39 is 5.97 Å². The summed E-state index contributed by atoms with van der Waals surface area (Å²) in [7, 11) is 1.69. The van der Waals surface area contributed by atoms with Gasteiger partial charge in [0.05, 0.1) is 0 Å². The standard InChI is InChI=1S/C14H15N3O2/c1-10-5-3-4-6-11(10)14-15-8-7-12(16-14)17(2)9-13(18)19/h3-8H,9H2,1-2H3,(H,18,19). The van der Waals surface area contributed by atoms with E-state index in [-0.39, 0.29) is 6.54 Å². The van der Waals surface area contributed by atoms with Crippen molar-refractivity contribution < 1.29 is 9.90 Å². The van der Waals surface area contributed by atoms with Crippen LogP contribution < -0.4 is 4.90 Å². The van der Waals surface area contributed by atoms with E-state index in [9.17, 15) is 4.79 Å². The molecule has 0 atom stereocenters. The van der Waals surface area contributed by atoms with E-state index in [1.165, 1.54) is 0 Å². The van der Waals surface area contributed by atoms with Crippen LogP contribution >= 0.6 is 0 Å². The predicted molar refractivity (Wildman–Crippen MR) is 73.1 cm³/mol. The Kier molecular flexibility index (Phi) is 3.75. The number of carboxylic acids is 1. The van der Waals surface area contributed by atoms with Crippen molar-refractivity contribution in [1.29, 1.82) is 0 Å². The van der Waals surface area contributed by atoms with Gasteiger partial charge in [0.25, 0.3) is 0 Å². The minimum absolute atomic E-state index is 0.0930. The normalized spacial score (nSPS) is 10.2. The van der Waals surface area contributed by atoms with Crippen LogP contribution in [-0.4, -0.2) is 34.6 Å². The fourth-order valence-electron chi connectivity index (χ4n) is 1.80. The highest BCUT2D eigenvalue weighted by molar-refractivity contribution is 5.73. The number of carbonyl (C=O) groups is 1. The predicted octanol–water partition coefficient (Wildman–Crippen LogP) is 1.97. The van der Waals surface area contributed by atoms with Gasteiger partial charge in [-0.3, -0.25) is 4.79 Å². The van der Waals surface area contributed by atoms with Gasteiger partial charge in [0, 0.05) is 18.8 Å². The van der Waals surface area contributed by atoms with Gasteiger partial charge in [-0.15, -0.1) is 0 Å². The molecule has 0 saturated carbocycles. The number of aromatic nitrogens is 2. The first-order valence-electron chi connectivity index (χ1n) is 5.90. The van der Waals surface area contributed by atoms with Gasteiger partial charge in [0.2, 0.25) is 0 Å². The molecule has 2 rings (SSSR count). The summed E-state index contributed by atoms with van der Waals surface area (Å²) in [5.41, 5.74) is 2.04. The molecule has 1 heterocycles. The maximum Gasteiger partial charge on any atom is 0.323 e. The molecule has 1 aromatic heterocycles. The maximum absolute atomic E-state index is 10.7. The molecule has 1 N–H and O–H groups in total. The lowest BCUT2D eigenvalue weighted by Crippen LogP contribution is -2.26. The quantitative estimate of drug-likeness (QED) is 0.907. The third kappa shape index (κ3) is 3.07. The molecular weight excluding hydrogens is 242 g/mol. The third-order valence-electron chi connectivity index (χ3n) is 2.79. The molecule has 0 radical (unpaired) electrons. The first-order valence-corrected chi connectivity index (χ1v) is 5.90. The Morgan fingerprint density at radius 3 is 2.74 bits per heavy atom. The second-order valence-electron chi connectivity index (χ2n) is 4.30. The lowest BCUT2D eigenvalue weighted by Gasteiger charge is -2.16. The highest BCUT2D eigenvalue weighted by Crippen LogP contribution is 2.20. The van der Waals surface area contributed by atoms with Crippen LogP contribution in [0.1, 0.15) is 5.56 Å². The maximum atomic E-state index is 10.7. The number of rotatable bonds is 4. The van der Waals surface area contributed by atoms with Crippen LogP contribution in [-0.2, 0) is 4.79 Å². The van der Waals surface area contributed by atoms with Crippen LogP contribution in [0, 0.1) is 6.92 Å². The van der Waals surface area contributed by atoms with Gasteiger partial charge in [-0.25, -0.2) is 9.97 Å². The molecule has 0 aliphatic carbocycles. The van der Waals surface area contributed by atoms with Crippen molar-refractivity contribution in [2.75, 3.05) is 18.5 Å². The van der Waals surface area contributed by atoms with E-state index in [0.29, 0.717) is 11.6 Å². The summed E-state index contributed by atoms with van der Waals surface area (Å²) in [5, 5.41) is 8.79. The molecule has 1 aromatic carbocycles. The number of anilines is 1. The van der Waals surface area contributed by atoms with Crippen LogP contribution in [0.2, 0.25) is 0 Å². The smallest absolute Gasteiger partial charge is 0.323 e. The Bertz CT molecular complexity index is 599. The van der Waals surface area contributed by atoms with Gasteiger partial charge >= 0.3 is 5.97 Å². The zero-order valence-corrected chi connectivity index (χ0v) is 10.9. The highest BCUT2D eigenvalue weighted by Gasteiger charge is 2.10. The van der Waals surface area contributed by atoms with Crippen LogP contribution in [0.15, 0.2) is 36.5 Å². The second-order valence-corrected chi connectivity index (χ2v) is 4.30. The molecule has 0 aliphatic rings. The zero-order valence-electron chi connectivity index (χ0n) is 10.9. The summed E-state index contributed by atoms with van der Waals surface area (Å²) in [6, 6.07) is 9.53. The van der Waals surface area contributed by atoms with E-state index in [1.807, 2.05) is 31.2 Å². The van der Waals surface area contributed by atoms with Crippen LogP contribution in [0.25, 0.3) is 11.4 Å². The molecule has 0 fully saturated rings. The Balaban J connectivity index is 2.34. The molecular formula is C14H15N3O2. The van der Waals surface area contributed by atoms with Gasteiger partial charge in [0.1, 0.15) is 12.4 Å². The van der Waals surface area contributed by atoms with E-state index in [4.69, 9.17) is 5.11 Å². The van der Waals surface area contributed by atoms with Crippen LogP contribution in [0.5, 0.6) is 0 Å². The highest BCUT2D eigenvalue weighted by atomic mass is 16.4. The van der Waals surface area contributed by atoms with Gasteiger partial charge in [0.15, 0.2) is 5.82 Å². The van der Waals surface area contributed by atoms with Crippen LogP contribution in [0.3, 0.4) is 0 Å². The van der Waals surface area contributed by atoms with Gasteiger partial charge in [-0.05, 0) is 18.6 Å². The topological polar surface area (TPSA) is 66.3 Å². The van der Waals surface area contributed by atoms with Gasteiger partial charge in [-0.1, -0.05) is 24.3 Å². The minimum atomic E-state index is -0.890. The largest absolute Gasteiger partial charge is 0.480 e. The number of nitrogens with zero attached hydrogens (tertiary/aromatic N) is 3. The molecule has 0 bridgehead atoms. The zero-order chi connectivity index (χ0) is 13.8. The Hall–Kier alpha value is -2.43. The molecule has 98 valence electrons. The number of carboxylic acid groups (broad SMARTS) is 1. The molecule has 2 aromatic rings. The number of hydrogen-bond donors (Lipinski definition) is 1. The number of benzene rings is 1. The second kappa shape index (κ2) is 5.48. The van der Waals surface area contributed by atoms with Gasteiger partial charge < -0.3 is 10.0 Å². The summed E-state index contributed by atoms with van der Waals surface area (Å²) in [5.74, 6) is 0.307. The molecule has 5 nitrogen and oxygen atoms in total. The molecule has 0 amide bonds. The lowest BCUT2D eigenvalue weighted by molar-refractivity contribution is -0.135. The Morgan fingerprint density at radius 2 is 2.05 bits per heavy atom. The molecule has 19 heavy (non-hydrogen) atoms. The first-order chi connectivity index (χ1) is 9.08. The summed E-state index contributed by atoms with van der Waals surface area (Å²) < 4.78 is 0. The van der Waals surface area contributed by atoms with Crippen molar-refractivity contribution in [3.05, 3.63) is 42.1 Å².